The zero-order chi connectivity index (χ0) is 22.8. The molecule has 0 heterocycles. The van der Waals surface area contributed by atoms with E-state index in [0.717, 1.165) is 11.4 Å². The van der Waals surface area contributed by atoms with Crippen LogP contribution in [0.2, 0.25) is 0 Å². The molecule has 0 aliphatic heterocycles. The molecule has 0 bridgehead atoms. The Bertz CT molecular complexity index is 1390. The van der Waals surface area contributed by atoms with Crippen LogP contribution in [-0.4, -0.2) is 0 Å². The summed E-state index contributed by atoms with van der Waals surface area (Å²) in [6.45, 7) is 6.86. The van der Waals surface area contributed by atoms with Gasteiger partial charge >= 0.3 is 0 Å². The van der Waals surface area contributed by atoms with Gasteiger partial charge in [0.25, 0.3) is 0 Å². The fraction of sp³-hybridized carbons (Fsp3) is 0.125. The van der Waals surface area contributed by atoms with Crippen molar-refractivity contribution in [1.29, 1.82) is 0 Å². The quantitative estimate of drug-likeness (QED) is 0.301. The summed E-state index contributed by atoms with van der Waals surface area (Å²) in [5.74, 6) is 0. The first-order valence-corrected chi connectivity index (χ1v) is 11.5. The molecule has 0 saturated carbocycles. The first kappa shape index (κ1) is 21.0. The fourth-order valence-corrected chi connectivity index (χ4v) is 4.39. The van der Waals surface area contributed by atoms with Gasteiger partial charge in [-0.1, -0.05) is 112 Å². The lowest BCUT2D eigenvalue weighted by atomic mass is 9.80. The smallest absolute Gasteiger partial charge is 0.0390 e. The van der Waals surface area contributed by atoms with Crippen LogP contribution >= 0.6 is 0 Å². The molecule has 162 valence electrons. The summed E-state index contributed by atoms with van der Waals surface area (Å²) < 4.78 is 0. The van der Waals surface area contributed by atoms with E-state index in [2.05, 4.69) is 141 Å². The summed E-state index contributed by atoms with van der Waals surface area (Å²) >= 11 is 0. The molecule has 0 amide bonds. The van der Waals surface area contributed by atoms with Gasteiger partial charge in [0.05, 0.1) is 0 Å². The van der Waals surface area contributed by atoms with E-state index in [1.54, 1.807) is 0 Å². The van der Waals surface area contributed by atoms with Crippen molar-refractivity contribution in [3.63, 3.8) is 0 Å². The van der Waals surface area contributed by atoms with Crippen molar-refractivity contribution in [2.45, 2.75) is 26.2 Å². The molecule has 5 aromatic carbocycles. The normalized spacial score (nSPS) is 11.5. The van der Waals surface area contributed by atoms with E-state index in [1.165, 1.54) is 38.6 Å². The van der Waals surface area contributed by atoms with E-state index >= 15 is 0 Å². The number of rotatable bonds is 4. The standard InChI is InChI=1S/C32H29N/c1-32(2,3)31-22-27(23-9-5-4-6-10-23)16-20-30(31)25-14-17-28(18-15-25)33-29-19-13-24-11-7-8-12-26(24)21-29/h4-22,33H,1-3H3. The van der Waals surface area contributed by atoms with Gasteiger partial charge in [-0.05, 0) is 68.3 Å². The highest BCUT2D eigenvalue weighted by Gasteiger charge is 2.19. The summed E-state index contributed by atoms with van der Waals surface area (Å²) in [7, 11) is 0. The average molecular weight is 428 g/mol. The lowest BCUT2D eigenvalue weighted by Gasteiger charge is -2.24. The molecule has 0 radical (unpaired) electrons. The lowest BCUT2D eigenvalue weighted by Crippen LogP contribution is -2.13. The van der Waals surface area contributed by atoms with Gasteiger partial charge in [0, 0.05) is 11.4 Å². The zero-order valence-corrected chi connectivity index (χ0v) is 19.5. The monoisotopic (exact) mass is 427 g/mol. The highest BCUT2D eigenvalue weighted by atomic mass is 14.9. The molecule has 5 aromatic rings. The Morgan fingerprint density at radius 2 is 1.12 bits per heavy atom. The van der Waals surface area contributed by atoms with Gasteiger partial charge in [-0.25, -0.2) is 0 Å². The van der Waals surface area contributed by atoms with Crippen LogP contribution in [0.5, 0.6) is 0 Å². The number of nitrogens with one attached hydrogen (secondary N) is 1. The van der Waals surface area contributed by atoms with Gasteiger partial charge < -0.3 is 5.32 Å². The summed E-state index contributed by atoms with van der Waals surface area (Å²) in [6, 6.07) is 41.2. The maximum atomic E-state index is 3.55. The fourth-order valence-electron chi connectivity index (χ4n) is 4.39. The predicted octanol–water partition coefficient (Wildman–Crippen LogP) is 9.21. The van der Waals surface area contributed by atoms with Crippen molar-refractivity contribution < 1.29 is 0 Å². The molecule has 1 N–H and O–H groups in total. The lowest BCUT2D eigenvalue weighted by molar-refractivity contribution is 0.592. The Hall–Kier alpha value is -3.84. The van der Waals surface area contributed by atoms with Gasteiger partial charge in [-0.3, -0.25) is 0 Å². The van der Waals surface area contributed by atoms with Crippen molar-refractivity contribution in [1.82, 2.24) is 0 Å². The maximum absolute atomic E-state index is 3.55. The minimum Gasteiger partial charge on any atom is -0.356 e. The maximum Gasteiger partial charge on any atom is 0.0390 e. The van der Waals surface area contributed by atoms with Crippen molar-refractivity contribution in [3.05, 3.63) is 121 Å². The van der Waals surface area contributed by atoms with Crippen LogP contribution in [0.25, 0.3) is 33.0 Å². The van der Waals surface area contributed by atoms with Gasteiger partial charge in [-0.2, -0.15) is 0 Å². The third-order valence-electron chi connectivity index (χ3n) is 6.17. The average Bonchev–Trinajstić information content (AvgIpc) is 2.84. The molecule has 0 saturated heterocycles. The van der Waals surface area contributed by atoms with Gasteiger partial charge in [0.15, 0.2) is 0 Å². The number of hydrogen-bond donors (Lipinski definition) is 1. The van der Waals surface area contributed by atoms with E-state index < -0.39 is 0 Å². The zero-order valence-electron chi connectivity index (χ0n) is 19.5. The van der Waals surface area contributed by atoms with Crippen molar-refractivity contribution in [2.24, 2.45) is 0 Å². The molecule has 5 rings (SSSR count). The second kappa shape index (κ2) is 8.60. The molecule has 0 fully saturated rings. The molecule has 1 nitrogen and oxygen atoms in total. The predicted molar refractivity (Wildman–Crippen MR) is 143 cm³/mol. The highest BCUT2D eigenvalue weighted by Crippen LogP contribution is 2.37. The van der Waals surface area contributed by atoms with Crippen molar-refractivity contribution >= 4 is 22.1 Å². The van der Waals surface area contributed by atoms with Crippen LogP contribution in [0.4, 0.5) is 11.4 Å². The van der Waals surface area contributed by atoms with Gasteiger partial charge in [0.1, 0.15) is 0 Å². The Morgan fingerprint density at radius 3 is 1.85 bits per heavy atom. The summed E-state index contributed by atoms with van der Waals surface area (Å²) in [5.41, 5.74) is 8.64. The van der Waals surface area contributed by atoms with E-state index in [4.69, 9.17) is 0 Å². The van der Waals surface area contributed by atoms with E-state index in [9.17, 15) is 0 Å². The van der Waals surface area contributed by atoms with E-state index in [-0.39, 0.29) is 5.41 Å². The Labute approximate surface area is 196 Å². The molecular weight excluding hydrogens is 398 g/mol. The number of benzene rings is 5. The Balaban J connectivity index is 1.45. The van der Waals surface area contributed by atoms with Crippen LogP contribution in [0.3, 0.4) is 0 Å². The molecule has 0 aromatic heterocycles. The van der Waals surface area contributed by atoms with Crippen LogP contribution in [0.15, 0.2) is 115 Å². The minimum atomic E-state index is 0.0438. The molecule has 1 heteroatoms. The second-order valence-corrected chi connectivity index (χ2v) is 9.64. The molecule has 0 spiro atoms. The van der Waals surface area contributed by atoms with E-state index in [1.807, 2.05) is 0 Å². The van der Waals surface area contributed by atoms with Crippen LogP contribution in [-0.2, 0) is 5.41 Å². The van der Waals surface area contributed by atoms with Crippen molar-refractivity contribution in [3.8, 4) is 22.3 Å². The highest BCUT2D eigenvalue weighted by molar-refractivity contribution is 5.86. The summed E-state index contributed by atoms with van der Waals surface area (Å²) in [6.07, 6.45) is 0. The minimum absolute atomic E-state index is 0.0438. The largest absolute Gasteiger partial charge is 0.356 e. The number of hydrogen-bond acceptors (Lipinski definition) is 1. The Kier molecular flexibility index (Phi) is 5.48. The van der Waals surface area contributed by atoms with Crippen molar-refractivity contribution in [2.75, 3.05) is 5.32 Å². The molecule has 0 atom stereocenters. The molecule has 0 aliphatic rings. The van der Waals surface area contributed by atoms with E-state index in [0.29, 0.717) is 0 Å². The van der Waals surface area contributed by atoms with Gasteiger partial charge in [-0.15, -0.1) is 0 Å². The van der Waals surface area contributed by atoms with Crippen LogP contribution < -0.4 is 5.32 Å². The molecule has 0 aliphatic carbocycles. The Morgan fingerprint density at radius 1 is 0.485 bits per heavy atom. The first-order chi connectivity index (χ1) is 16.0. The first-order valence-electron chi connectivity index (χ1n) is 11.5. The van der Waals surface area contributed by atoms with Gasteiger partial charge in [0.2, 0.25) is 0 Å². The molecular formula is C32H29N. The second-order valence-electron chi connectivity index (χ2n) is 9.64. The molecule has 33 heavy (non-hydrogen) atoms. The number of fused-ring (bicyclic) bond motifs is 1. The number of anilines is 2. The SMILES string of the molecule is CC(C)(C)c1cc(-c2ccccc2)ccc1-c1ccc(Nc2ccc3ccccc3c2)cc1. The summed E-state index contributed by atoms with van der Waals surface area (Å²) in [4.78, 5) is 0. The topological polar surface area (TPSA) is 12.0 Å². The summed E-state index contributed by atoms with van der Waals surface area (Å²) in [5, 5.41) is 6.05. The third-order valence-corrected chi connectivity index (χ3v) is 6.17. The van der Waals surface area contributed by atoms with Crippen LogP contribution in [0, 0.1) is 0 Å². The molecule has 0 unspecified atom stereocenters. The van der Waals surface area contributed by atoms with Crippen LogP contribution in [0.1, 0.15) is 26.3 Å². The third kappa shape index (κ3) is 4.54.